The quantitative estimate of drug-likeness (QED) is 0.825. The molecule has 1 aromatic carbocycles. The lowest BCUT2D eigenvalue weighted by molar-refractivity contribution is 0.686. The van der Waals surface area contributed by atoms with Crippen LogP contribution in [0, 0.1) is 0 Å². The van der Waals surface area contributed by atoms with E-state index in [1.807, 2.05) is 18.5 Å². The van der Waals surface area contributed by atoms with Gasteiger partial charge in [0.25, 0.3) is 0 Å². The van der Waals surface area contributed by atoms with Gasteiger partial charge in [-0.1, -0.05) is 18.2 Å². The van der Waals surface area contributed by atoms with Gasteiger partial charge < -0.3 is 10.2 Å². The van der Waals surface area contributed by atoms with E-state index in [4.69, 9.17) is 0 Å². The fourth-order valence-electron chi connectivity index (χ4n) is 2.81. The maximum atomic E-state index is 4.14. The van der Waals surface area contributed by atoms with E-state index in [1.54, 1.807) is 0 Å². The van der Waals surface area contributed by atoms with Gasteiger partial charge in [0.15, 0.2) is 0 Å². The highest BCUT2D eigenvalue weighted by Gasteiger charge is 2.11. The van der Waals surface area contributed by atoms with Crippen LogP contribution in [0.25, 0.3) is 0 Å². The highest BCUT2D eigenvalue weighted by atomic mass is 15.1. The topological polar surface area (TPSA) is 28.2 Å². The lowest BCUT2D eigenvalue weighted by Crippen LogP contribution is -2.18. The van der Waals surface area contributed by atoms with Crippen LogP contribution < -0.4 is 10.2 Å². The maximum absolute atomic E-state index is 4.14. The summed E-state index contributed by atoms with van der Waals surface area (Å²) in [5, 5.41) is 3.50. The summed E-state index contributed by atoms with van der Waals surface area (Å²) in [5.41, 5.74) is 4.00. The fraction of sp³-hybridized carbons (Fsp3) is 0.389. The van der Waals surface area contributed by atoms with Crippen molar-refractivity contribution in [2.24, 2.45) is 0 Å². The summed E-state index contributed by atoms with van der Waals surface area (Å²) >= 11 is 0. The molecule has 0 spiro atoms. The van der Waals surface area contributed by atoms with Crippen LogP contribution in [-0.2, 0) is 13.0 Å². The molecule has 1 aliphatic heterocycles. The Morgan fingerprint density at radius 2 is 1.81 bits per heavy atom. The minimum absolute atomic E-state index is 0.931. The van der Waals surface area contributed by atoms with Gasteiger partial charge in [0.05, 0.1) is 0 Å². The Labute approximate surface area is 127 Å². The van der Waals surface area contributed by atoms with Crippen molar-refractivity contribution >= 4 is 5.69 Å². The molecule has 3 heteroatoms. The lowest BCUT2D eigenvalue weighted by Gasteiger charge is -2.17. The van der Waals surface area contributed by atoms with Gasteiger partial charge in [-0.05, 0) is 55.1 Å². The second-order valence-electron chi connectivity index (χ2n) is 5.65. The van der Waals surface area contributed by atoms with E-state index in [1.165, 1.54) is 42.7 Å². The van der Waals surface area contributed by atoms with E-state index in [0.29, 0.717) is 0 Å². The Kier molecular flexibility index (Phi) is 4.85. The molecule has 0 saturated carbocycles. The molecule has 0 unspecified atom stereocenters. The summed E-state index contributed by atoms with van der Waals surface area (Å²) in [7, 11) is 0. The van der Waals surface area contributed by atoms with E-state index < -0.39 is 0 Å². The average molecular weight is 281 g/mol. The summed E-state index contributed by atoms with van der Waals surface area (Å²) < 4.78 is 0. The molecular formula is C18H23N3. The monoisotopic (exact) mass is 281 g/mol. The zero-order valence-corrected chi connectivity index (χ0v) is 12.5. The first-order valence-corrected chi connectivity index (χ1v) is 7.85. The number of aromatic nitrogens is 1. The Morgan fingerprint density at radius 1 is 1.00 bits per heavy atom. The Balaban J connectivity index is 1.43. The van der Waals surface area contributed by atoms with Crippen molar-refractivity contribution in [1.82, 2.24) is 10.3 Å². The van der Waals surface area contributed by atoms with Gasteiger partial charge in [0.1, 0.15) is 0 Å². The highest BCUT2D eigenvalue weighted by molar-refractivity contribution is 5.48. The standard InChI is InChI=1S/C18H23N3/c1-2-13-21(12-1)18-7-5-17(6-8-18)15-20-11-9-16-4-3-10-19-14-16/h3-8,10,14,20H,1-2,9,11-13,15H2. The summed E-state index contributed by atoms with van der Waals surface area (Å²) in [4.78, 5) is 6.61. The maximum Gasteiger partial charge on any atom is 0.0366 e. The van der Waals surface area contributed by atoms with Crippen molar-refractivity contribution in [3.8, 4) is 0 Å². The van der Waals surface area contributed by atoms with Gasteiger partial charge in [-0.25, -0.2) is 0 Å². The smallest absolute Gasteiger partial charge is 0.0366 e. The number of hydrogen-bond acceptors (Lipinski definition) is 3. The van der Waals surface area contributed by atoms with E-state index in [0.717, 1.165) is 19.5 Å². The van der Waals surface area contributed by atoms with Crippen LogP contribution in [0.5, 0.6) is 0 Å². The number of hydrogen-bond donors (Lipinski definition) is 1. The highest BCUT2D eigenvalue weighted by Crippen LogP contribution is 2.20. The molecule has 3 rings (SSSR count). The summed E-state index contributed by atoms with van der Waals surface area (Å²) in [6.07, 6.45) is 7.44. The van der Waals surface area contributed by atoms with Crippen molar-refractivity contribution in [1.29, 1.82) is 0 Å². The molecule has 1 fully saturated rings. The van der Waals surface area contributed by atoms with Crippen molar-refractivity contribution in [3.63, 3.8) is 0 Å². The average Bonchev–Trinajstić information content (AvgIpc) is 3.08. The number of benzene rings is 1. The normalized spacial score (nSPS) is 14.6. The zero-order valence-electron chi connectivity index (χ0n) is 12.5. The van der Waals surface area contributed by atoms with Crippen LogP contribution in [0.3, 0.4) is 0 Å². The summed E-state index contributed by atoms with van der Waals surface area (Å²) in [6, 6.07) is 13.1. The molecule has 0 radical (unpaired) electrons. The molecule has 1 aliphatic rings. The minimum atomic E-state index is 0.931. The first-order valence-electron chi connectivity index (χ1n) is 7.85. The third kappa shape index (κ3) is 4.05. The predicted octanol–water partition coefficient (Wildman–Crippen LogP) is 3.01. The van der Waals surface area contributed by atoms with Gasteiger partial charge in [-0.15, -0.1) is 0 Å². The van der Waals surface area contributed by atoms with Crippen LogP contribution in [0.2, 0.25) is 0 Å². The Morgan fingerprint density at radius 3 is 2.52 bits per heavy atom. The number of pyridine rings is 1. The molecule has 21 heavy (non-hydrogen) atoms. The molecule has 2 aromatic rings. The van der Waals surface area contributed by atoms with Gasteiger partial charge in [-0.2, -0.15) is 0 Å². The molecule has 2 heterocycles. The van der Waals surface area contributed by atoms with Gasteiger partial charge in [-0.3, -0.25) is 4.98 Å². The molecule has 110 valence electrons. The minimum Gasteiger partial charge on any atom is -0.372 e. The van der Waals surface area contributed by atoms with Gasteiger partial charge in [0.2, 0.25) is 0 Å². The second kappa shape index (κ2) is 7.23. The molecular weight excluding hydrogens is 258 g/mol. The molecule has 0 bridgehead atoms. The third-order valence-corrected chi connectivity index (χ3v) is 4.05. The van der Waals surface area contributed by atoms with Crippen LogP contribution in [0.15, 0.2) is 48.8 Å². The number of rotatable bonds is 6. The van der Waals surface area contributed by atoms with E-state index in [2.05, 4.69) is 45.5 Å². The molecule has 3 nitrogen and oxygen atoms in total. The van der Waals surface area contributed by atoms with Crippen molar-refractivity contribution in [2.45, 2.75) is 25.8 Å². The first kappa shape index (κ1) is 14.1. The SMILES string of the molecule is c1cncc(CCNCc2ccc(N3CCCC3)cc2)c1. The summed E-state index contributed by atoms with van der Waals surface area (Å²) in [6.45, 7) is 4.34. The zero-order chi connectivity index (χ0) is 14.3. The summed E-state index contributed by atoms with van der Waals surface area (Å²) in [5.74, 6) is 0. The molecule has 1 saturated heterocycles. The third-order valence-electron chi connectivity index (χ3n) is 4.05. The Bertz CT molecular complexity index is 530. The molecule has 0 aliphatic carbocycles. The second-order valence-corrected chi connectivity index (χ2v) is 5.65. The van der Waals surface area contributed by atoms with Crippen LogP contribution >= 0.6 is 0 Å². The van der Waals surface area contributed by atoms with E-state index in [-0.39, 0.29) is 0 Å². The molecule has 0 atom stereocenters. The van der Waals surface area contributed by atoms with Crippen LogP contribution in [-0.4, -0.2) is 24.6 Å². The number of anilines is 1. The van der Waals surface area contributed by atoms with E-state index in [9.17, 15) is 0 Å². The first-order chi connectivity index (χ1) is 10.4. The number of nitrogens with zero attached hydrogens (tertiary/aromatic N) is 2. The molecule has 1 aromatic heterocycles. The van der Waals surface area contributed by atoms with Crippen molar-refractivity contribution in [3.05, 3.63) is 59.9 Å². The molecule has 1 N–H and O–H groups in total. The Hall–Kier alpha value is -1.87. The van der Waals surface area contributed by atoms with E-state index >= 15 is 0 Å². The molecule has 0 amide bonds. The van der Waals surface area contributed by atoms with Gasteiger partial charge in [0, 0.05) is 37.7 Å². The van der Waals surface area contributed by atoms with Gasteiger partial charge >= 0.3 is 0 Å². The van der Waals surface area contributed by atoms with Crippen molar-refractivity contribution in [2.75, 3.05) is 24.5 Å². The van der Waals surface area contributed by atoms with Crippen LogP contribution in [0.4, 0.5) is 5.69 Å². The fourth-order valence-corrected chi connectivity index (χ4v) is 2.81. The van der Waals surface area contributed by atoms with Crippen molar-refractivity contribution < 1.29 is 0 Å². The predicted molar refractivity (Wildman–Crippen MR) is 87.5 cm³/mol. The number of nitrogens with one attached hydrogen (secondary N) is 1. The van der Waals surface area contributed by atoms with Crippen LogP contribution in [0.1, 0.15) is 24.0 Å². The lowest BCUT2D eigenvalue weighted by atomic mass is 10.2. The largest absolute Gasteiger partial charge is 0.372 e.